The van der Waals surface area contributed by atoms with Crippen LogP contribution in [0.25, 0.3) is 0 Å². The first-order valence-corrected chi connectivity index (χ1v) is 7.91. The maximum absolute atomic E-state index is 12.0. The van der Waals surface area contributed by atoms with Gasteiger partial charge in [-0.15, -0.1) is 0 Å². The molecule has 0 aromatic heterocycles. The highest BCUT2D eigenvalue weighted by atomic mass is 16.5. The highest BCUT2D eigenvalue weighted by molar-refractivity contribution is 5.78. The maximum Gasteiger partial charge on any atom is 0.305 e. The highest BCUT2D eigenvalue weighted by Gasteiger charge is 2.23. The van der Waals surface area contributed by atoms with Crippen molar-refractivity contribution in [3.8, 4) is 0 Å². The zero-order valence-corrected chi connectivity index (χ0v) is 13.5. The fourth-order valence-electron chi connectivity index (χ4n) is 2.54. The topological polar surface area (TPSA) is 67.9 Å². The van der Waals surface area contributed by atoms with Gasteiger partial charge in [-0.2, -0.15) is 0 Å². The first-order valence-electron chi connectivity index (χ1n) is 7.91. The van der Waals surface area contributed by atoms with E-state index in [1.807, 2.05) is 30.3 Å². The number of hydrogen-bond donors (Lipinski definition) is 1. The van der Waals surface area contributed by atoms with E-state index in [0.29, 0.717) is 39.1 Å². The number of ether oxygens (including phenoxy) is 2. The van der Waals surface area contributed by atoms with Gasteiger partial charge >= 0.3 is 5.97 Å². The molecule has 1 N–H and O–H groups in total. The van der Waals surface area contributed by atoms with Gasteiger partial charge in [0, 0.05) is 26.1 Å². The Morgan fingerprint density at radius 2 is 2.13 bits per heavy atom. The summed E-state index contributed by atoms with van der Waals surface area (Å²) in [5.41, 5.74) is 1.13. The van der Waals surface area contributed by atoms with Crippen LogP contribution in [0.4, 0.5) is 0 Å². The van der Waals surface area contributed by atoms with E-state index in [-0.39, 0.29) is 18.0 Å². The molecule has 0 spiro atoms. The van der Waals surface area contributed by atoms with E-state index >= 15 is 0 Å². The number of carbonyl (C=O) groups excluding carboxylic acids is 2. The van der Waals surface area contributed by atoms with Gasteiger partial charge in [-0.25, -0.2) is 0 Å². The van der Waals surface area contributed by atoms with Crippen molar-refractivity contribution < 1.29 is 19.1 Å². The Balaban J connectivity index is 1.70. The molecule has 1 saturated heterocycles. The number of esters is 1. The van der Waals surface area contributed by atoms with Gasteiger partial charge in [0.2, 0.25) is 5.91 Å². The van der Waals surface area contributed by atoms with Crippen LogP contribution in [-0.4, -0.2) is 56.7 Å². The Labute approximate surface area is 136 Å². The highest BCUT2D eigenvalue weighted by Crippen LogP contribution is 2.21. The Kier molecular flexibility index (Phi) is 7.03. The summed E-state index contributed by atoms with van der Waals surface area (Å²) in [6.45, 7) is 2.92. The Morgan fingerprint density at radius 1 is 1.35 bits per heavy atom. The van der Waals surface area contributed by atoms with E-state index in [0.717, 1.165) is 12.1 Å². The van der Waals surface area contributed by atoms with Crippen LogP contribution in [0, 0.1) is 0 Å². The monoisotopic (exact) mass is 320 g/mol. The normalized spacial score (nSPS) is 18.4. The lowest BCUT2D eigenvalue weighted by Gasteiger charge is -2.32. The van der Waals surface area contributed by atoms with Gasteiger partial charge < -0.3 is 14.8 Å². The molecule has 23 heavy (non-hydrogen) atoms. The number of rotatable bonds is 7. The molecule has 2 rings (SSSR count). The average Bonchev–Trinajstić information content (AvgIpc) is 2.59. The van der Waals surface area contributed by atoms with Gasteiger partial charge in [-0.3, -0.25) is 14.5 Å². The Morgan fingerprint density at radius 3 is 2.87 bits per heavy atom. The van der Waals surface area contributed by atoms with Crippen LogP contribution in [-0.2, 0) is 19.1 Å². The van der Waals surface area contributed by atoms with Crippen molar-refractivity contribution in [1.82, 2.24) is 10.2 Å². The van der Waals surface area contributed by atoms with Gasteiger partial charge in [0.05, 0.1) is 26.4 Å². The largest absolute Gasteiger partial charge is 0.469 e. The molecule has 0 aliphatic carbocycles. The molecule has 6 nitrogen and oxygen atoms in total. The minimum Gasteiger partial charge on any atom is -0.469 e. The molecule has 6 heteroatoms. The molecule has 1 amide bonds. The number of nitrogens with one attached hydrogen (secondary N) is 1. The SMILES string of the molecule is COC(=O)CCCNC(=O)CN1CCOC(c2ccccc2)C1. The third-order valence-electron chi connectivity index (χ3n) is 3.80. The molecule has 1 heterocycles. The first-order chi connectivity index (χ1) is 11.2. The van der Waals surface area contributed by atoms with Crippen molar-refractivity contribution in [3.63, 3.8) is 0 Å². The number of carbonyl (C=O) groups is 2. The number of methoxy groups -OCH3 is 1. The molecular weight excluding hydrogens is 296 g/mol. The number of benzene rings is 1. The fraction of sp³-hybridized carbons (Fsp3) is 0.529. The Hall–Kier alpha value is -1.92. The molecule has 1 aromatic rings. The van der Waals surface area contributed by atoms with Crippen molar-refractivity contribution in [2.75, 3.05) is 39.9 Å². The quantitative estimate of drug-likeness (QED) is 0.602. The summed E-state index contributed by atoms with van der Waals surface area (Å²) in [5.74, 6) is -0.276. The van der Waals surface area contributed by atoms with E-state index in [4.69, 9.17) is 4.74 Å². The molecule has 1 unspecified atom stereocenters. The number of nitrogens with zero attached hydrogens (tertiary/aromatic N) is 1. The van der Waals surface area contributed by atoms with Crippen molar-refractivity contribution in [2.45, 2.75) is 18.9 Å². The van der Waals surface area contributed by atoms with Gasteiger partial charge in [0.15, 0.2) is 0 Å². The number of morpholine rings is 1. The second-order valence-corrected chi connectivity index (χ2v) is 5.53. The summed E-state index contributed by atoms with van der Waals surface area (Å²) in [6.07, 6.45) is 0.926. The van der Waals surface area contributed by atoms with Crippen LogP contribution in [0.2, 0.25) is 0 Å². The van der Waals surface area contributed by atoms with Crippen molar-refractivity contribution >= 4 is 11.9 Å². The van der Waals surface area contributed by atoms with Gasteiger partial charge in [-0.05, 0) is 12.0 Å². The van der Waals surface area contributed by atoms with Gasteiger partial charge in [0.25, 0.3) is 0 Å². The van der Waals surface area contributed by atoms with Crippen molar-refractivity contribution in [3.05, 3.63) is 35.9 Å². The molecular formula is C17H24N2O4. The predicted molar refractivity (Wildman–Crippen MR) is 85.8 cm³/mol. The lowest BCUT2D eigenvalue weighted by Crippen LogP contribution is -2.44. The molecule has 1 aliphatic rings. The summed E-state index contributed by atoms with van der Waals surface area (Å²) >= 11 is 0. The molecule has 1 aromatic carbocycles. The summed E-state index contributed by atoms with van der Waals surface area (Å²) in [7, 11) is 1.36. The number of hydrogen-bond acceptors (Lipinski definition) is 5. The van der Waals surface area contributed by atoms with Gasteiger partial charge in [-0.1, -0.05) is 30.3 Å². The standard InChI is InChI=1S/C17H24N2O4/c1-22-17(21)8-5-9-18-16(20)13-19-10-11-23-15(12-19)14-6-3-2-4-7-14/h2-4,6-7,15H,5,8-13H2,1H3,(H,18,20). The third kappa shape index (κ3) is 6.00. The van der Waals surface area contributed by atoms with E-state index in [9.17, 15) is 9.59 Å². The molecule has 1 atom stereocenters. The second-order valence-electron chi connectivity index (χ2n) is 5.53. The van der Waals surface area contributed by atoms with Crippen LogP contribution in [0.1, 0.15) is 24.5 Å². The minimum atomic E-state index is -0.252. The van der Waals surface area contributed by atoms with Crippen LogP contribution >= 0.6 is 0 Å². The lowest BCUT2D eigenvalue weighted by molar-refractivity contribution is -0.140. The maximum atomic E-state index is 12.0. The van der Waals surface area contributed by atoms with Crippen LogP contribution in [0.5, 0.6) is 0 Å². The van der Waals surface area contributed by atoms with Crippen LogP contribution in [0.3, 0.4) is 0 Å². The molecule has 0 radical (unpaired) electrons. The van der Waals surface area contributed by atoms with E-state index in [1.165, 1.54) is 7.11 Å². The van der Waals surface area contributed by atoms with E-state index < -0.39 is 0 Å². The second kappa shape index (κ2) is 9.27. The fourth-order valence-corrected chi connectivity index (χ4v) is 2.54. The summed E-state index contributed by atoms with van der Waals surface area (Å²) in [5, 5.41) is 2.83. The first kappa shape index (κ1) is 17.4. The molecule has 126 valence electrons. The third-order valence-corrected chi connectivity index (χ3v) is 3.80. The van der Waals surface area contributed by atoms with Crippen LogP contribution in [0.15, 0.2) is 30.3 Å². The zero-order valence-electron chi connectivity index (χ0n) is 13.5. The molecule has 1 fully saturated rings. The zero-order chi connectivity index (χ0) is 16.5. The summed E-state index contributed by atoms with van der Waals surface area (Å²) in [6, 6.07) is 10.0. The predicted octanol–water partition coefficient (Wildman–Crippen LogP) is 1.13. The van der Waals surface area contributed by atoms with Crippen molar-refractivity contribution in [2.24, 2.45) is 0 Å². The van der Waals surface area contributed by atoms with Crippen LogP contribution < -0.4 is 5.32 Å². The summed E-state index contributed by atoms with van der Waals surface area (Å²) in [4.78, 5) is 25.0. The minimum absolute atomic E-state index is 0.0112. The summed E-state index contributed by atoms with van der Waals surface area (Å²) < 4.78 is 10.3. The molecule has 0 bridgehead atoms. The van der Waals surface area contributed by atoms with Gasteiger partial charge in [0.1, 0.15) is 0 Å². The van der Waals surface area contributed by atoms with E-state index in [2.05, 4.69) is 15.0 Å². The van der Waals surface area contributed by atoms with E-state index in [1.54, 1.807) is 0 Å². The Bertz CT molecular complexity index is 507. The molecule has 1 aliphatic heterocycles. The number of amides is 1. The lowest BCUT2D eigenvalue weighted by atomic mass is 10.1. The molecule has 0 saturated carbocycles. The van der Waals surface area contributed by atoms with Crippen molar-refractivity contribution in [1.29, 1.82) is 0 Å². The smallest absolute Gasteiger partial charge is 0.305 e. The average molecular weight is 320 g/mol.